The number of allylic oxidation sites excluding steroid dienone is 2. The van der Waals surface area contributed by atoms with Crippen molar-refractivity contribution in [1.82, 2.24) is 14.9 Å². The number of hydrogen-bond acceptors (Lipinski definition) is 7. The van der Waals surface area contributed by atoms with Gasteiger partial charge in [-0.05, 0) is 24.3 Å². The highest BCUT2D eigenvalue weighted by atomic mass is 16.3. The third kappa shape index (κ3) is 4.45. The fourth-order valence-electron chi connectivity index (χ4n) is 2.80. The Morgan fingerprint density at radius 3 is 3.04 bits per heavy atom. The Bertz CT molecular complexity index is 998. The van der Waals surface area contributed by atoms with Crippen molar-refractivity contribution in [2.45, 2.75) is 19.4 Å². The monoisotopic (exact) mass is 376 g/mol. The molecule has 1 aliphatic heterocycles. The van der Waals surface area contributed by atoms with Gasteiger partial charge in [-0.1, -0.05) is 13.2 Å². The predicted octanol–water partition coefficient (Wildman–Crippen LogP) is 2.49. The Morgan fingerprint density at radius 1 is 1.46 bits per heavy atom. The summed E-state index contributed by atoms with van der Waals surface area (Å²) in [5, 5.41) is 11.7. The van der Waals surface area contributed by atoms with Crippen LogP contribution in [0, 0.1) is 11.3 Å². The van der Waals surface area contributed by atoms with Gasteiger partial charge in [0, 0.05) is 42.7 Å². The van der Waals surface area contributed by atoms with Gasteiger partial charge >= 0.3 is 0 Å². The van der Waals surface area contributed by atoms with E-state index in [-0.39, 0.29) is 12.3 Å². The van der Waals surface area contributed by atoms with Crippen LogP contribution in [0.1, 0.15) is 17.7 Å². The van der Waals surface area contributed by atoms with Gasteiger partial charge in [0.2, 0.25) is 11.9 Å². The number of nitrogens with zero attached hydrogens (tertiary/aromatic N) is 4. The van der Waals surface area contributed by atoms with Crippen molar-refractivity contribution in [2.75, 3.05) is 11.9 Å². The highest BCUT2D eigenvalue weighted by Crippen LogP contribution is 2.29. The third-order valence-corrected chi connectivity index (χ3v) is 4.13. The molecule has 0 unspecified atom stereocenters. The van der Waals surface area contributed by atoms with Gasteiger partial charge in [0.05, 0.1) is 6.07 Å². The number of fused-ring (bicyclic) bond motifs is 1. The number of nitrogens with one attached hydrogen (secondary N) is 1. The van der Waals surface area contributed by atoms with Crippen molar-refractivity contribution in [1.29, 1.82) is 5.26 Å². The second-order valence-electron chi connectivity index (χ2n) is 6.28. The van der Waals surface area contributed by atoms with E-state index in [2.05, 4.69) is 28.4 Å². The Labute approximate surface area is 162 Å². The zero-order chi connectivity index (χ0) is 20.1. The Hall–Kier alpha value is -3.86. The Balaban J connectivity index is 1.75. The average molecular weight is 376 g/mol. The van der Waals surface area contributed by atoms with E-state index >= 15 is 0 Å². The standard InChI is InChI=1S/C20H20N6O2/c1-13(22)3-4-14(2)24-20-23-9-6-16(25-20)18-11-15-12-26(19(27)5-8-21)10-7-17(15)28-18/h3-4,6,9,11H,1-2,5,7,10,12,22H2,(H,23,24,25)/b4-3-. The summed E-state index contributed by atoms with van der Waals surface area (Å²) in [7, 11) is 0. The number of rotatable bonds is 6. The Morgan fingerprint density at radius 2 is 2.29 bits per heavy atom. The summed E-state index contributed by atoms with van der Waals surface area (Å²) in [6, 6.07) is 5.51. The van der Waals surface area contributed by atoms with Crippen LogP contribution in [0.2, 0.25) is 0 Å². The molecule has 1 amide bonds. The lowest BCUT2D eigenvalue weighted by molar-refractivity contribution is -0.131. The summed E-state index contributed by atoms with van der Waals surface area (Å²) in [6.07, 6.45) is 5.41. The molecule has 0 saturated carbocycles. The van der Waals surface area contributed by atoms with E-state index in [1.165, 1.54) is 0 Å². The highest BCUT2D eigenvalue weighted by Gasteiger charge is 2.24. The zero-order valence-electron chi connectivity index (χ0n) is 15.3. The maximum Gasteiger partial charge on any atom is 0.237 e. The predicted molar refractivity (Wildman–Crippen MR) is 104 cm³/mol. The molecule has 0 radical (unpaired) electrons. The average Bonchev–Trinajstić information content (AvgIpc) is 3.10. The molecule has 28 heavy (non-hydrogen) atoms. The minimum Gasteiger partial charge on any atom is -0.459 e. The van der Waals surface area contributed by atoms with Crippen LogP contribution in [0.25, 0.3) is 11.5 Å². The summed E-state index contributed by atoms with van der Waals surface area (Å²) < 4.78 is 5.93. The van der Waals surface area contributed by atoms with Crippen LogP contribution in [-0.4, -0.2) is 27.3 Å². The topological polar surface area (TPSA) is 121 Å². The third-order valence-electron chi connectivity index (χ3n) is 4.13. The summed E-state index contributed by atoms with van der Waals surface area (Å²) >= 11 is 0. The van der Waals surface area contributed by atoms with Crippen LogP contribution in [0.3, 0.4) is 0 Å². The van der Waals surface area contributed by atoms with Crippen molar-refractivity contribution in [3.05, 3.63) is 66.4 Å². The number of furan rings is 1. The largest absolute Gasteiger partial charge is 0.459 e. The fraction of sp³-hybridized carbons (Fsp3) is 0.200. The molecule has 8 heteroatoms. The molecular weight excluding hydrogens is 356 g/mol. The van der Waals surface area contributed by atoms with E-state index < -0.39 is 0 Å². The molecule has 0 fully saturated rings. The van der Waals surface area contributed by atoms with E-state index in [4.69, 9.17) is 15.4 Å². The molecule has 1 aliphatic rings. The zero-order valence-corrected chi connectivity index (χ0v) is 15.3. The first-order chi connectivity index (χ1) is 13.5. The van der Waals surface area contributed by atoms with Crippen LogP contribution in [0.4, 0.5) is 5.95 Å². The molecule has 142 valence electrons. The number of aromatic nitrogens is 2. The van der Waals surface area contributed by atoms with Crippen LogP contribution in [0.15, 0.2) is 59.5 Å². The minimum atomic E-state index is -0.170. The van der Waals surface area contributed by atoms with Crippen molar-refractivity contribution in [3.63, 3.8) is 0 Å². The van der Waals surface area contributed by atoms with Gasteiger partial charge < -0.3 is 20.4 Å². The molecule has 0 spiro atoms. The molecule has 3 rings (SSSR count). The second kappa shape index (κ2) is 8.22. The van der Waals surface area contributed by atoms with Crippen LogP contribution < -0.4 is 11.1 Å². The summed E-state index contributed by atoms with van der Waals surface area (Å²) in [6.45, 7) is 8.41. The van der Waals surface area contributed by atoms with Crippen molar-refractivity contribution in [3.8, 4) is 17.5 Å². The number of amides is 1. The summed E-state index contributed by atoms with van der Waals surface area (Å²) in [5.41, 5.74) is 8.01. The lowest BCUT2D eigenvalue weighted by Gasteiger charge is -2.25. The lowest BCUT2D eigenvalue weighted by atomic mass is 10.1. The molecule has 0 saturated heterocycles. The number of anilines is 1. The number of carbonyl (C=O) groups is 1. The molecule has 2 aromatic heterocycles. The van der Waals surface area contributed by atoms with Gasteiger partial charge in [-0.25, -0.2) is 9.97 Å². The van der Waals surface area contributed by atoms with Gasteiger partial charge in [0.1, 0.15) is 17.9 Å². The van der Waals surface area contributed by atoms with E-state index in [0.717, 1.165) is 11.3 Å². The van der Waals surface area contributed by atoms with Crippen molar-refractivity contribution < 1.29 is 9.21 Å². The molecule has 3 heterocycles. The molecular formula is C20H20N6O2. The SMILES string of the molecule is C=C(N)/C=C\C(=C)Nc1nccc(-c2cc3c(o2)CCN(C(=O)CC#N)C3)n1. The van der Waals surface area contributed by atoms with E-state index in [0.29, 0.717) is 48.3 Å². The molecule has 3 N–H and O–H groups in total. The lowest BCUT2D eigenvalue weighted by Crippen LogP contribution is -2.35. The normalized spacial score (nSPS) is 13.0. The maximum absolute atomic E-state index is 11.9. The number of hydrogen-bond donors (Lipinski definition) is 2. The molecule has 0 aromatic carbocycles. The number of carbonyl (C=O) groups excluding carboxylic acids is 1. The fourth-order valence-corrected chi connectivity index (χ4v) is 2.80. The van der Waals surface area contributed by atoms with Crippen molar-refractivity contribution >= 4 is 11.9 Å². The quantitative estimate of drug-likeness (QED) is 0.743. The van der Waals surface area contributed by atoms with E-state index in [9.17, 15) is 4.79 Å². The van der Waals surface area contributed by atoms with E-state index in [1.54, 1.807) is 29.3 Å². The van der Waals surface area contributed by atoms with Gasteiger partial charge in [-0.2, -0.15) is 5.26 Å². The molecule has 2 aromatic rings. The van der Waals surface area contributed by atoms with Gasteiger partial charge in [0.15, 0.2) is 5.76 Å². The summed E-state index contributed by atoms with van der Waals surface area (Å²) in [5.74, 6) is 1.63. The Kier molecular flexibility index (Phi) is 5.56. The second-order valence-corrected chi connectivity index (χ2v) is 6.28. The summed E-state index contributed by atoms with van der Waals surface area (Å²) in [4.78, 5) is 22.2. The minimum absolute atomic E-state index is 0.114. The first-order valence-electron chi connectivity index (χ1n) is 8.64. The number of nitrogens with two attached hydrogens (primary N) is 1. The molecule has 0 bridgehead atoms. The first kappa shape index (κ1) is 18.9. The highest BCUT2D eigenvalue weighted by molar-refractivity contribution is 5.78. The van der Waals surface area contributed by atoms with Crippen LogP contribution in [0.5, 0.6) is 0 Å². The molecule has 8 nitrogen and oxygen atoms in total. The van der Waals surface area contributed by atoms with E-state index in [1.807, 2.05) is 12.1 Å². The van der Waals surface area contributed by atoms with Crippen molar-refractivity contribution in [2.24, 2.45) is 5.73 Å². The molecule has 0 aliphatic carbocycles. The van der Waals surface area contributed by atoms with Crippen LogP contribution in [-0.2, 0) is 17.8 Å². The van der Waals surface area contributed by atoms with Gasteiger partial charge in [-0.15, -0.1) is 0 Å². The number of nitriles is 1. The van der Waals surface area contributed by atoms with Gasteiger partial charge in [0.25, 0.3) is 0 Å². The molecule has 0 atom stereocenters. The first-order valence-corrected chi connectivity index (χ1v) is 8.64. The van der Waals surface area contributed by atoms with Crippen LogP contribution >= 0.6 is 0 Å². The van der Waals surface area contributed by atoms with Gasteiger partial charge in [-0.3, -0.25) is 4.79 Å². The smallest absolute Gasteiger partial charge is 0.237 e. The maximum atomic E-state index is 11.9.